The summed E-state index contributed by atoms with van der Waals surface area (Å²) in [7, 11) is 0. The highest BCUT2D eigenvalue weighted by molar-refractivity contribution is 6.30. The summed E-state index contributed by atoms with van der Waals surface area (Å²) in [6, 6.07) is 6.52. The molecule has 0 saturated carbocycles. The molecular formula is C13H18ClNO. The van der Waals surface area contributed by atoms with Crippen molar-refractivity contribution in [2.24, 2.45) is 0 Å². The molecule has 16 heavy (non-hydrogen) atoms. The maximum absolute atomic E-state index is 5.94. The molecule has 1 aromatic rings. The second-order valence-corrected chi connectivity index (χ2v) is 4.78. The first-order chi connectivity index (χ1) is 7.75. The van der Waals surface area contributed by atoms with E-state index >= 15 is 0 Å². The lowest BCUT2D eigenvalue weighted by Crippen LogP contribution is -2.20. The van der Waals surface area contributed by atoms with Crippen molar-refractivity contribution in [1.82, 2.24) is 0 Å². The van der Waals surface area contributed by atoms with Crippen molar-refractivity contribution >= 4 is 17.3 Å². The van der Waals surface area contributed by atoms with Gasteiger partial charge in [-0.2, -0.15) is 0 Å². The monoisotopic (exact) mass is 239 g/mol. The summed E-state index contributed by atoms with van der Waals surface area (Å²) in [6.45, 7) is 3.85. The van der Waals surface area contributed by atoms with Crippen molar-refractivity contribution in [3.05, 3.63) is 28.8 Å². The Labute approximate surface area is 102 Å². The molecule has 0 amide bonds. The summed E-state index contributed by atoms with van der Waals surface area (Å²) < 4.78 is 5.45. The number of anilines is 1. The quantitative estimate of drug-likeness (QED) is 0.851. The standard InChI is InChI=1S/C13H18ClNO/c1-10-9-11(14)4-5-13(10)15-12-3-2-7-16-8-6-12/h4-5,9,12,15H,2-3,6-8H2,1H3. The fourth-order valence-corrected chi connectivity index (χ4v) is 2.28. The van der Waals surface area contributed by atoms with Crippen LogP contribution in [0.5, 0.6) is 0 Å². The molecule has 1 aromatic carbocycles. The predicted molar refractivity (Wildman–Crippen MR) is 68.3 cm³/mol. The minimum Gasteiger partial charge on any atom is -0.382 e. The molecule has 1 heterocycles. The van der Waals surface area contributed by atoms with Gasteiger partial charge in [-0.05, 0) is 49.9 Å². The highest BCUT2D eigenvalue weighted by Gasteiger charge is 2.12. The molecule has 0 spiro atoms. The van der Waals surface area contributed by atoms with E-state index < -0.39 is 0 Å². The van der Waals surface area contributed by atoms with Gasteiger partial charge in [0, 0.05) is 30.0 Å². The Hall–Kier alpha value is -0.730. The fraction of sp³-hybridized carbons (Fsp3) is 0.538. The number of rotatable bonds is 2. The molecule has 1 atom stereocenters. The van der Waals surface area contributed by atoms with Gasteiger partial charge in [0.15, 0.2) is 0 Å². The van der Waals surface area contributed by atoms with Crippen LogP contribution in [-0.2, 0) is 4.74 Å². The maximum Gasteiger partial charge on any atom is 0.0485 e. The Bertz CT molecular complexity index is 346. The number of benzene rings is 1. The zero-order valence-corrected chi connectivity index (χ0v) is 10.4. The molecule has 1 fully saturated rings. The van der Waals surface area contributed by atoms with Gasteiger partial charge in [-0.15, -0.1) is 0 Å². The van der Waals surface area contributed by atoms with E-state index in [1.807, 2.05) is 12.1 Å². The largest absolute Gasteiger partial charge is 0.382 e. The van der Waals surface area contributed by atoms with E-state index in [1.165, 1.54) is 17.7 Å². The van der Waals surface area contributed by atoms with E-state index in [4.69, 9.17) is 16.3 Å². The Balaban J connectivity index is 2.01. The molecule has 0 bridgehead atoms. The van der Waals surface area contributed by atoms with E-state index in [0.29, 0.717) is 6.04 Å². The van der Waals surface area contributed by atoms with Crippen molar-refractivity contribution in [3.8, 4) is 0 Å². The third-order valence-electron chi connectivity index (χ3n) is 3.00. The number of aryl methyl sites for hydroxylation is 1. The average molecular weight is 240 g/mol. The Kier molecular flexibility index (Phi) is 4.08. The van der Waals surface area contributed by atoms with E-state index in [1.54, 1.807) is 0 Å². The second kappa shape index (κ2) is 5.55. The van der Waals surface area contributed by atoms with Crippen molar-refractivity contribution < 1.29 is 4.74 Å². The van der Waals surface area contributed by atoms with Gasteiger partial charge >= 0.3 is 0 Å². The van der Waals surface area contributed by atoms with Gasteiger partial charge in [-0.3, -0.25) is 0 Å². The van der Waals surface area contributed by atoms with Crippen LogP contribution in [0.4, 0.5) is 5.69 Å². The molecule has 0 aromatic heterocycles. The number of ether oxygens (including phenoxy) is 1. The number of hydrogen-bond donors (Lipinski definition) is 1. The van der Waals surface area contributed by atoms with E-state index in [2.05, 4.69) is 18.3 Å². The number of hydrogen-bond acceptors (Lipinski definition) is 2. The van der Waals surface area contributed by atoms with Crippen LogP contribution in [0.25, 0.3) is 0 Å². The van der Waals surface area contributed by atoms with Gasteiger partial charge in [0.25, 0.3) is 0 Å². The summed E-state index contributed by atoms with van der Waals surface area (Å²) in [4.78, 5) is 0. The van der Waals surface area contributed by atoms with Crippen molar-refractivity contribution in [3.63, 3.8) is 0 Å². The summed E-state index contributed by atoms with van der Waals surface area (Å²) in [5, 5.41) is 4.38. The third kappa shape index (κ3) is 3.13. The van der Waals surface area contributed by atoms with Gasteiger partial charge in [0.2, 0.25) is 0 Å². The van der Waals surface area contributed by atoms with Gasteiger partial charge < -0.3 is 10.1 Å². The summed E-state index contributed by atoms with van der Waals surface area (Å²) >= 11 is 5.94. The highest BCUT2D eigenvalue weighted by Crippen LogP contribution is 2.22. The molecule has 3 heteroatoms. The molecule has 0 radical (unpaired) electrons. The summed E-state index contributed by atoms with van der Waals surface area (Å²) in [6.07, 6.45) is 3.41. The van der Waals surface area contributed by atoms with Crippen LogP contribution < -0.4 is 5.32 Å². The van der Waals surface area contributed by atoms with Gasteiger partial charge in [0.05, 0.1) is 0 Å². The van der Waals surface area contributed by atoms with Crippen LogP contribution in [0.2, 0.25) is 5.02 Å². The highest BCUT2D eigenvalue weighted by atomic mass is 35.5. The van der Waals surface area contributed by atoms with Gasteiger partial charge in [-0.1, -0.05) is 11.6 Å². The lowest BCUT2D eigenvalue weighted by molar-refractivity contribution is 0.144. The zero-order valence-electron chi connectivity index (χ0n) is 9.63. The molecule has 1 aliphatic heterocycles. The third-order valence-corrected chi connectivity index (χ3v) is 3.24. The minimum atomic E-state index is 0.530. The van der Waals surface area contributed by atoms with Crippen molar-refractivity contribution in [2.45, 2.75) is 32.2 Å². The van der Waals surface area contributed by atoms with Crippen LogP contribution in [-0.4, -0.2) is 19.3 Å². The second-order valence-electron chi connectivity index (χ2n) is 4.34. The first-order valence-electron chi connectivity index (χ1n) is 5.86. The fourth-order valence-electron chi connectivity index (χ4n) is 2.06. The van der Waals surface area contributed by atoms with Gasteiger partial charge in [-0.25, -0.2) is 0 Å². The first kappa shape index (κ1) is 11.7. The molecule has 1 unspecified atom stereocenters. The normalized spacial score (nSPS) is 21.5. The molecular weight excluding hydrogens is 222 g/mol. The van der Waals surface area contributed by atoms with E-state index in [9.17, 15) is 0 Å². The maximum atomic E-state index is 5.94. The first-order valence-corrected chi connectivity index (χ1v) is 6.24. The smallest absolute Gasteiger partial charge is 0.0485 e. The molecule has 1 saturated heterocycles. The predicted octanol–water partition coefficient (Wildman–Crippen LogP) is 3.63. The number of nitrogens with one attached hydrogen (secondary N) is 1. The summed E-state index contributed by atoms with van der Waals surface area (Å²) in [5.74, 6) is 0. The number of halogens is 1. The Morgan fingerprint density at radius 2 is 2.19 bits per heavy atom. The van der Waals surface area contributed by atoms with Crippen molar-refractivity contribution in [1.29, 1.82) is 0 Å². The molecule has 0 aliphatic carbocycles. The minimum absolute atomic E-state index is 0.530. The lowest BCUT2D eigenvalue weighted by Gasteiger charge is -2.18. The Morgan fingerprint density at radius 1 is 1.31 bits per heavy atom. The topological polar surface area (TPSA) is 21.3 Å². The lowest BCUT2D eigenvalue weighted by atomic mass is 10.1. The molecule has 1 aliphatic rings. The van der Waals surface area contributed by atoms with E-state index in [-0.39, 0.29) is 0 Å². The van der Waals surface area contributed by atoms with Crippen LogP contribution in [0.15, 0.2) is 18.2 Å². The van der Waals surface area contributed by atoms with Crippen LogP contribution in [0, 0.1) is 6.92 Å². The molecule has 2 rings (SSSR count). The SMILES string of the molecule is Cc1cc(Cl)ccc1NC1CCCOCC1. The molecule has 2 nitrogen and oxygen atoms in total. The zero-order chi connectivity index (χ0) is 11.4. The van der Waals surface area contributed by atoms with Crippen molar-refractivity contribution in [2.75, 3.05) is 18.5 Å². The van der Waals surface area contributed by atoms with Crippen LogP contribution in [0.1, 0.15) is 24.8 Å². The molecule has 1 N–H and O–H groups in total. The van der Waals surface area contributed by atoms with Gasteiger partial charge in [0.1, 0.15) is 0 Å². The van der Waals surface area contributed by atoms with Crippen LogP contribution in [0.3, 0.4) is 0 Å². The van der Waals surface area contributed by atoms with Crippen LogP contribution >= 0.6 is 11.6 Å². The summed E-state index contributed by atoms with van der Waals surface area (Å²) in [5.41, 5.74) is 2.40. The average Bonchev–Trinajstić information content (AvgIpc) is 2.51. The van der Waals surface area contributed by atoms with E-state index in [0.717, 1.165) is 31.1 Å². The molecule has 88 valence electrons. The Morgan fingerprint density at radius 3 is 3.00 bits per heavy atom.